The van der Waals surface area contributed by atoms with Crippen LogP contribution in [0, 0.1) is 17.3 Å². The molecular weight excluding hydrogens is 899 g/mol. The topological polar surface area (TPSA) is 189 Å². The number of piperidine rings is 2. The van der Waals surface area contributed by atoms with Crippen molar-refractivity contribution >= 4 is 58.4 Å². The summed E-state index contributed by atoms with van der Waals surface area (Å²) in [5, 5.41) is 16.4. The van der Waals surface area contributed by atoms with Gasteiger partial charge in [0.25, 0.3) is 17.7 Å². The van der Waals surface area contributed by atoms with Crippen LogP contribution in [-0.2, 0) is 35.6 Å². The van der Waals surface area contributed by atoms with E-state index in [2.05, 4.69) is 79.7 Å². The molecule has 5 aromatic rings. The average molecular weight is 960 g/mol. The summed E-state index contributed by atoms with van der Waals surface area (Å²) < 4.78 is 2.19. The van der Waals surface area contributed by atoms with Crippen molar-refractivity contribution < 1.29 is 29.1 Å². The second-order valence-corrected chi connectivity index (χ2v) is 21.3. The van der Waals surface area contributed by atoms with Crippen LogP contribution in [0.2, 0.25) is 0 Å². The zero-order chi connectivity index (χ0) is 49.3. The second-order valence-electron chi connectivity index (χ2n) is 21.3. The lowest BCUT2D eigenvalue weighted by atomic mass is 9.90. The third-order valence-electron chi connectivity index (χ3n) is 15.7. The Morgan fingerprint density at radius 3 is 2.32 bits per heavy atom. The van der Waals surface area contributed by atoms with Crippen LogP contribution in [0.25, 0.3) is 11.1 Å². The molecule has 368 valence electrons. The van der Waals surface area contributed by atoms with Gasteiger partial charge in [-0.25, -0.2) is 15.0 Å². The van der Waals surface area contributed by atoms with Gasteiger partial charge in [-0.2, -0.15) is 0 Å². The van der Waals surface area contributed by atoms with Gasteiger partial charge in [0.1, 0.15) is 29.2 Å². The van der Waals surface area contributed by atoms with Gasteiger partial charge in [0.2, 0.25) is 11.8 Å². The number of hydrogen-bond donors (Lipinski definition) is 3. The molecule has 1 aliphatic carbocycles. The smallest absolute Gasteiger partial charge is 0.276 e. The van der Waals surface area contributed by atoms with Gasteiger partial charge in [0.15, 0.2) is 0 Å². The number of pyridine rings is 3. The third-order valence-corrected chi connectivity index (χ3v) is 15.7. The van der Waals surface area contributed by atoms with Gasteiger partial charge in [0, 0.05) is 94.2 Å². The summed E-state index contributed by atoms with van der Waals surface area (Å²) in [4.78, 5) is 89.1. The number of fused-ring (bicyclic) bond motifs is 4. The summed E-state index contributed by atoms with van der Waals surface area (Å²) in [7, 11) is 0. The average Bonchev–Trinajstić information content (AvgIpc) is 3.95. The van der Waals surface area contributed by atoms with Crippen molar-refractivity contribution in [3.05, 3.63) is 107 Å². The Labute approximate surface area is 413 Å². The summed E-state index contributed by atoms with van der Waals surface area (Å²) >= 11 is 0. The molecule has 3 saturated heterocycles. The van der Waals surface area contributed by atoms with Crippen LogP contribution in [0.3, 0.4) is 0 Å². The number of hydrogen-bond acceptors (Lipinski definition) is 13. The number of piperazine rings is 1. The number of aromatic nitrogens is 4. The predicted molar refractivity (Wildman–Crippen MR) is 269 cm³/mol. The van der Waals surface area contributed by atoms with Gasteiger partial charge in [-0.1, -0.05) is 27.7 Å². The van der Waals surface area contributed by atoms with Crippen molar-refractivity contribution in [3.63, 3.8) is 0 Å². The highest BCUT2D eigenvalue weighted by Crippen LogP contribution is 2.41. The molecule has 1 unspecified atom stereocenters. The fraction of sp³-hybridized carbons (Fsp3) is 0.444. The molecule has 3 fully saturated rings. The number of nitrogens with zero attached hydrogens (tertiary/aromatic N) is 9. The molecule has 3 N–H and O–H groups in total. The van der Waals surface area contributed by atoms with Crippen molar-refractivity contribution in [3.8, 4) is 11.1 Å². The monoisotopic (exact) mass is 959 g/mol. The van der Waals surface area contributed by atoms with Crippen molar-refractivity contribution in [2.45, 2.75) is 91.5 Å². The molecule has 1 aromatic carbocycles. The first kappa shape index (κ1) is 46.4. The summed E-state index contributed by atoms with van der Waals surface area (Å²) in [6.07, 6.45) is 9.53. The van der Waals surface area contributed by atoms with E-state index in [-0.39, 0.29) is 30.8 Å². The standard InChI is InChI=1S/C54H61N11O6/c1-32(2)45-30-60(29-33-13-17-61(18-14-33)36-5-7-39-40(25-36)52(70)65(51(39)69)42-8-10-48(67)59-50(42)68)19-20-62(45)37-6-9-46(57-28-37)58-47-24-34(11-15-55-47)38-12-16-56-49(41(38)31-66)64-22-21-63-43(53(64)71)23-35-26-54(3,4)27-44(35)63/h5-7,9,11-12,15-16,23-25,28,32-33,42,45,66H,8,10,13-14,17-22,26-27,29-31H2,1-4H3,(H,55,57,58)(H,59,67,68)/t42?,45-/m1/s1. The van der Waals surface area contributed by atoms with E-state index < -0.39 is 29.7 Å². The Hall–Kier alpha value is -6.98. The van der Waals surface area contributed by atoms with E-state index >= 15 is 0 Å². The first-order valence-corrected chi connectivity index (χ1v) is 25.1. The highest BCUT2D eigenvalue weighted by atomic mass is 16.3. The minimum Gasteiger partial charge on any atom is -0.392 e. The number of carbonyl (C=O) groups excluding carboxylic acids is 5. The first-order chi connectivity index (χ1) is 34.2. The molecule has 11 rings (SSSR count). The summed E-state index contributed by atoms with van der Waals surface area (Å²) in [6.45, 7) is 15.5. The highest BCUT2D eigenvalue weighted by molar-refractivity contribution is 6.23. The lowest BCUT2D eigenvalue weighted by Crippen LogP contribution is -2.56. The van der Waals surface area contributed by atoms with Crippen LogP contribution < -0.4 is 25.3 Å². The van der Waals surface area contributed by atoms with Crippen molar-refractivity contribution in [2.75, 3.05) is 65.8 Å². The number of imide groups is 2. The fourth-order valence-corrected chi connectivity index (χ4v) is 12.0. The molecule has 5 aliphatic heterocycles. The molecule has 17 heteroatoms. The van der Waals surface area contributed by atoms with E-state index in [0.717, 1.165) is 92.4 Å². The Kier molecular flexibility index (Phi) is 12.0. The Morgan fingerprint density at radius 1 is 0.775 bits per heavy atom. The van der Waals surface area contributed by atoms with Crippen LogP contribution in [0.1, 0.15) is 101 Å². The number of amides is 5. The zero-order valence-electron chi connectivity index (χ0n) is 40.9. The number of benzene rings is 1. The molecule has 0 bridgehead atoms. The van der Waals surface area contributed by atoms with Gasteiger partial charge in [-0.05, 0) is 121 Å². The number of rotatable bonds is 11. The van der Waals surface area contributed by atoms with E-state index in [1.807, 2.05) is 36.5 Å². The Morgan fingerprint density at radius 2 is 1.56 bits per heavy atom. The van der Waals surface area contributed by atoms with Gasteiger partial charge < -0.3 is 24.8 Å². The van der Waals surface area contributed by atoms with E-state index in [9.17, 15) is 29.1 Å². The lowest BCUT2D eigenvalue weighted by molar-refractivity contribution is -0.136. The molecule has 9 heterocycles. The van der Waals surface area contributed by atoms with E-state index in [0.29, 0.717) is 70.8 Å². The molecule has 17 nitrogen and oxygen atoms in total. The number of aliphatic hydroxyl groups excluding tert-OH is 1. The van der Waals surface area contributed by atoms with Crippen molar-refractivity contribution in [1.29, 1.82) is 0 Å². The first-order valence-electron chi connectivity index (χ1n) is 25.1. The van der Waals surface area contributed by atoms with Crippen molar-refractivity contribution in [1.82, 2.24) is 34.6 Å². The van der Waals surface area contributed by atoms with E-state index in [1.54, 1.807) is 29.4 Å². The molecule has 6 aliphatic rings. The predicted octanol–water partition coefficient (Wildman–Crippen LogP) is 5.83. The molecule has 0 saturated carbocycles. The maximum atomic E-state index is 14.0. The highest BCUT2D eigenvalue weighted by Gasteiger charge is 2.45. The Bertz CT molecular complexity index is 2960. The van der Waals surface area contributed by atoms with Crippen molar-refractivity contribution in [2.24, 2.45) is 17.3 Å². The summed E-state index contributed by atoms with van der Waals surface area (Å²) in [6, 6.07) is 16.6. The van der Waals surface area contributed by atoms with Crippen LogP contribution in [0.4, 0.5) is 28.8 Å². The number of nitrogens with one attached hydrogen (secondary N) is 2. The number of anilines is 5. The van der Waals surface area contributed by atoms with Crippen LogP contribution >= 0.6 is 0 Å². The summed E-state index contributed by atoms with van der Waals surface area (Å²) in [5.41, 5.74) is 8.20. The molecule has 5 amide bonds. The van der Waals surface area contributed by atoms with Gasteiger partial charge in [0.05, 0.1) is 29.6 Å². The van der Waals surface area contributed by atoms with Gasteiger partial charge >= 0.3 is 0 Å². The quantitative estimate of drug-likeness (QED) is 0.134. The van der Waals surface area contributed by atoms with Crippen LogP contribution in [-0.4, -0.2) is 122 Å². The SMILES string of the molecule is CC(C)[C@H]1CN(CC2CCN(c3ccc4c(c3)C(=O)N(C3CCC(=O)NC3=O)C4=O)CC2)CCN1c1ccc(Nc2cc(-c3ccnc(N4CCn5c(cc6c5CC(C)(C)C6)C4=O)c3CO)ccn2)nc1. The second kappa shape index (κ2) is 18.3. The largest absolute Gasteiger partial charge is 0.392 e. The van der Waals surface area contributed by atoms with E-state index in [1.165, 1.54) is 11.3 Å². The minimum absolute atomic E-state index is 0.0888. The molecule has 2 atom stereocenters. The maximum Gasteiger partial charge on any atom is 0.276 e. The number of aliphatic hydroxyl groups is 1. The minimum atomic E-state index is -0.979. The molecule has 0 radical (unpaired) electrons. The van der Waals surface area contributed by atoms with Gasteiger partial charge in [-0.3, -0.25) is 44.0 Å². The Balaban J connectivity index is 0.698. The zero-order valence-corrected chi connectivity index (χ0v) is 40.9. The molecule has 0 spiro atoms. The van der Waals surface area contributed by atoms with Crippen LogP contribution in [0.15, 0.2) is 73.2 Å². The third kappa shape index (κ3) is 8.62. The van der Waals surface area contributed by atoms with Gasteiger partial charge in [-0.15, -0.1) is 0 Å². The number of carbonyl (C=O) groups is 5. The normalized spacial score (nSPS) is 21.5. The fourth-order valence-electron chi connectivity index (χ4n) is 12.0. The molecular formula is C54H61N11O6. The summed E-state index contributed by atoms with van der Waals surface area (Å²) in [5.74, 6) is 0.621. The lowest BCUT2D eigenvalue weighted by Gasteiger charge is -2.46. The molecule has 71 heavy (non-hydrogen) atoms. The van der Waals surface area contributed by atoms with E-state index in [4.69, 9.17) is 4.98 Å². The molecule has 4 aromatic heterocycles. The maximum absolute atomic E-state index is 14.0. The van der Waals surface area contributed by atoms with Crippen LogP contribution in [0.5, 0.6) is 0 Å².